The third kappa shape index (κ3) is 1.64. The maximum absolute atomic E-state index is 13.2. The summed E-state index contributed by atoms with van der Waals surface area (Å²) in [6, 6.07) is 1.39. The Balaban J connectivity index is 2.34. The Bertz CT molecular complexity index is 738. The third-order valence-corrected chi connectivity index (χ3v) is 2.98. The Morgan fingerprint density at radius 3 is 2.89 bits per heavy atom. The van der Waals surface area contributed by atoms with Crippen molar-refractivity contribution in [3.05, 3.63) is 47.5 Å². The van der Waals surface area contributed by atoms with Gasteiger partial charge in [0.1, 0.15) is 22.9 Å². The number of pyridine rings is 1. The highest BCUT2D eigenvalue weighted by Crippen LogP contribution is 2.27. The highest BCUT2D eigenvalue weighted by Gasteiger charge is 2.12. The zero-order valence-corrected chi connectivity index (χ0v) is 10.2. The van der Waals surface area contributed by atoms with Crippen molar-refractivity contribution >= 4 is 22.6 Å². The summed E-state index contributed by atoms with van der Waals surface area (Å²) in [5.41, 5.74) is 2.17. The first-order valence-electron chi connectivity index (χ1n) is 5.26. The maximum Gasteiger partial charge on any atom is 0.149 e. The van der Waals surface area contributed by atoms with E-state index in [1.807, 2.05) is 13.1 Å². The molecule has 6 heteroatoms. The second-order valence-corrected chi connectivity index (χ2v) is 4.26. The maximum atomic E-state index is 13.2. The van der Waals surface area contributed by atoms with Gasteiger partial charge in [0, 0.05) is 12.3 Å². The van der Waals surface area contributed by atoms with Crippen LogP contribution in [0.3, 0.4) is 0 Å². The van der Waals surface area contributed by atoms with Crippen LogP contribution in [0.15, 0.2) is 31.0 Å². The molecular weight excluding hydrogens is 255 g/mol. The van der Waals surface area contributed by atoms with Crippen LogP contribution in [0.5, 0.6) is 0 Å². The molecule has 4 nitrogen and oxygen atoms in total. The molecule has 0 aliphatic rings. The van der Waals surface area contributed by atoms with E-state index in [1.54, 1.807) is 10.8 Å². The minimum atomic E-state index is -0.396. The summed E-state index contributed by atoms with van der Waals surface area (Å²) in [6.45, 7) is 1.90. The summed E-state index contributed by atoms with van der Waals surface area (Å²) in [5.74, 6) is -0.396. The van der Waals surface area contributed by atoms with Crippen LogP contribution >= 0.6 is 11.6 Å². The summed E-state index contributed by atoms with van der Waals surface area (Å²) in [7, 11) is 0. The van der Waals surface area contributed by atoms with Crippen LogP contribution in [-0.4, -0.2) is 19.5 Å². The van der Waals surface area contributed by atoms with Crippen LogP contribution < -0.4 is 0 Å². The number of aryl methyl sites for hydroxylation is 1. The van der Waals surface area contributed by atoms with E-state index >= 15 is 0 Å². The minimum Gasteiger partial charge on any atom is -0.299 e. The lowest BCUT2D eigenvalue weighted by atomic mass is 10.3. The fourth-order valence-electron chi connectivity index (χ4n) is 1.93. The Hall–Kier alpha value is -2.01. The van der Waals surface area contributed by atoms with Gasteiger partial charge in [0.25, 0.3) is 0 Å². The van der Waals surface area contributed by atoms with E-state index in [2.05, 4.69) is 15.0 Å². The third-order valence-electron chi connectivity index (χ3n) is 2.69. The Morgan fingerprint density at radius 2 is 2.11 bits per heavy atom. The van der Waals surface area contributed by atoms with E-state index < -0.39 is 5.82 Å². The average molecular weight is 263 g/mol. The molecule has 3 rings (SSSR count). The zero-order valence-electron chi connectivity index (χ0n) is 9.43. The molecule has 0 unspecified atom stereocenters. The van der Waals surface area contributed by atoms with Gasteiger partial charge in [0.2, 0.25) is 0 Å². The Morgan fingerprint density at radius 1 is 1.28 bits per heavy atom. The number of fused-ring (bicyclic) bond motifs is 1. The van der Waals surface area contributed by atoms with Gasteiger partial charge in [-0.2, -0.15) is 0 Å². The lowest BCUT2D eigenvalue weighted by Crippen LogP contribution is -1.96. The summed E-state index contributed by atoms with van der Waals surface area (Å²) < 4.78 is 14.9. The van der Waals surface area contributed by atoms with Crippen LogP contribution in [0.1, 0.15) is 5.56 Å². The topological polar surface area (TPSA) is 43.6 Å². The number of hydrogen-bond acceptors (Lipinski definition) is 3. The smallest absolute Gasteiger partial charge is 0.149 e. The molecule has 0 saturated carbocycles. The van der Waals surface area contributed by atoms with Crippen molar-refractivity contribution in [1.29, 1.82) is 0 Å². The van der Waals surface area contributed by atoms with Crippen molar-refractivity contribution in [2.45, 2.75) is 6.92 Å². The van der Waals surface area contributed by atoms with Gasteiger partial charge in [0.15, 0.2) is 0 Å². The van der Waals surface area contributed by atoms with Crippen molar-refractivity contribution < 1.29 is 4.39 Å². The molecule has 0 aliphatic heterocycles. The summed E-state index contributed by atoms with van der Waals surface area (Å²) in [5, 5.41) is 1.16. The molecule has 0 N–H and O–H groups in total. The monoisotopic (exact) mass is 262 g/mol. The van der Waals surface area contributed by atoms with E-state index in [9.17, 15) is 4.39 Å². The fraction of sp³-hybridized carbons (Fsp3) is 0.0833. The quantitative estimate of drug-likeness (QED) is 0.634. The lowest BCUT2D eigenvalue weighted by Gasteiger charge is -2.03. The van der Waals surface area contributed by atoms with Gasteiger partial charge < -0.3 is 0 Å². The first-order valence-corrected chi connectivity index (χ1v) is 5.63. The number of nitrogens with zero attached hydrogens (tertiary/aromatic N) is 4. The molecule has 3 heterocycles. The fourth-order valence-corrected chi connectivity index (χ4v) is 2.20. The van der Waals surface area contributed by atoms with Gasteiger partial charge in [-0.05, 0) is 12.5 Å². The summed E-state index contributed by atoms with van der Waals surface area (Å²) >= 11 is 6.04. The minimum absolute atomic E-state index is 0.389. The Kier molecular flexibility index (Phi) is 2.48. The number of hydrogen-bond donors (Lipinski definition) is 0. The molecule has 0 radical (unpaired) electrons. The first-order chi connectivity index (χ1) is 8.66. The van der Waals surface area contributed by atoms with Crippen LogP contribution in [0.4, 0.5) is 4.39 Å². The second-order valence-electron chi connectivity index (χ2n) is 3.91. The highest BCUT2D eigenvalue weighted by atomic mass is 35.5. The Labute approximate surface area is 107 Å². The van der Waals surface area contributed by atoms with Crippen molar-refractivity contribution in [1.82, 2.24) is 19.5 Å². The highest BCUT2D eigenvalue weighted by molar-refractivity contribution is 6.34. The molecular formula is C12H8ClFN4. The van der Waals surface area contributed by atoms with Gasteiger partial charge in [-0.1, -0.05) is 11.6 Å². The number of halogens is 2. The summed E-state index contributed by atoms with van der Waals surface area (Å²) in [6.07, 6.45) is 5.94. The number of aromatic nitrogens is 4. The largest absolute Gasteiger partial charge is 0.299 e. The second kappa shape index (κ2) is 4.03. The molecule has 0 aromatic carbocycles. The van der Waals surface area contributed by atoms with Gasteiger partial charge in [0.05, 0.1) is 23.5 Å². The molecule has 0 spiro atoms. The van der Waals surface area contributed by atoms with Gasteiger partial charge in [-0.25, -0.2) is 14.4 Å². The van der Waals surface area contributed by atoms with Crippen LogP contribution in [0.2, 0.25) is 5.15 Å². The molecule has 0 fully saturated rings. The SMILES string of the molecule is Cc1cn(-c2cncc(F)c2)c2ncnc(Cl)c12. The molecule has 3 aromatic heterocycles. The van der Waals surface area contributed by atoms with Crippen LogP contribution in [0.25, 0.3) is 16.7 Å². The normalized spacial score (nSPS) is 11.1. The molecule has 0 amide bonds. The molecule has 18 heavy (non-hydrogen) atoms. The predicted molar refractivity (Wildman–Crippen MR) is 66.4 cm³/mol. The molecule has 0 bridgehead atoms. The van der Waals surface area contributed by atoms with Gasteiger partial charge >= 0.3 is 0 Å². The zero-order chi connectivity index (χ0) is 12.7. The molecule has 0 aliphatic carbocycles. The van der Waals surface area contributed by atoms with E-state index in [1.165, 1.54) is 12.4 Å². The molecule has 0 saturated heterocycles. The van der Waals surface area contributed by atoms with E-state index in [0.717, 1.165) is 17.1 Å². The first kappa shape index (κ1) is 11.1. The average Bonchev–Trinajstić information content (AvgIpc) is 2.68. The number of rotatable bonds is 1. The van der Waals surface area contributed by atoms with Crippen molar-refractivity contribution in [3.63, 3.8) is 0 Å². The summed E-state index contributed by atoms with van der Waals surface area (Å²) in [4.78, 5) is 12.0. The van der Waals surface area contributed by atoms with Crippen LogP contribution in [-0.2, 0) is 0 Å². The molecule has 0 atom stereocenters. The van der Waals surface area contributed by atoms with Crippen LogP contribution in [0, 0.1) is 12.7 Å². The standard InChI is InChI=1S/C12H8ClFN4/c1-7-5-18(9-2-8(14)3-15-4-9)12-10(7)11(13)16-6-17-12/h2-6H,1H3. The van der Waals surface area contributed by atoms with E-state index in [0.29, 0.717) is 16.5 Å². The molecule has 90 valence electrons. The van der Waals surface area contributed by atoms with E-state index in [4.69, 9.17) is 11.6 Å². The van der Waals surface area contributed by atoms with Crippen molar-refractivity contribution in [2.24, 2.45) is 0 Å². The predicted octanol–water partition coefficient (Wildman–Crippen LogP) is 2.92. The molecule has 3 aromatic rings. The van der Waals surface area contributed by atoms with Crippen molar-refractivity contribution in [3.8, 4) is 5.69 Å². The van der Waals surface area contributed by atoms with Crippen molar-refractivity contribution in [2.75, 3.05) is 0 Å². The van der Waals surface area contributed by atoms with Gasteiger partial charge in [-0.15, -0.1) is 0 Å². The lowest BCUT2D eigenvalue weighted by molar-refractivity contribution is 0.620. The van der Waals surface area contributed by atoms with E-state index in [-0.39, 0.29) is 0 Å². The van der Waals surface area contributed by atoms with Gasteiger partial charge in [-0.3, -0.25) is 9.55 Å².